The van der Waals surface area contributed by atoms with Gasteiger partial charge in [-0.2, -0.15) is 0 Å². The smallest absolute Gasteiger partial charge is 0.263 e. The van der Waals surface area contributed by atoms with Crippen LogP contribution in [0, 0.1) is 5.92 Å². The van der Waals surface area contributed by atoms with E-state index in [-0.39, 0.29) is 11.9 Å². The molecule has 2 rings (SSSR count). The lowest BCUT2D eigenvalue weighted by Gasteiger charge is -2.16. The summed E-state index contributed by atoms with van der Waals surface area (Å²) in [7, 11) is 0. The number of halogens is 1. The highest BCUT2D eigenvalue weighted by Gasteiger charge is 2.34. The molecule has 86 valence electrons. The van der Waals surface area contributed by atoms with E-state index in [1.807, 2.05) is 0 Å². The zero-order valence-corrected chi connectivity index (χ0v) is 10.8. The van der Waals surface area contributed by atoms with Crippen molar-refractivity contribution in [1.29, 1.82) is 0 Å². The van der Waals surface area contributed by atoms with Crippen LogP contribution in [0.15, 0.2) is 11.4 Å². The van der Waals surface area contributed by atoms with Gasteiger partial charge >= 0.3 is 0 Å². The van der Waals surface area contributed by atoms with E-state index in [1.54, 1.807) is 11.4 Å². The number of thiocarbonyl (C=S) groups is 1. The van der Waals surface area contributed by atoms with Gasteiger partial charge in [0.1, 0.15) is 4.88 Å². The van der Waals surface area contributed by atoms with E-state index < -0.39 is 0 Å². The first-order valence-electron chi connectivity index (χ1n) is 4.92. The van der Waals surface area contributed by atoms with Gasteiger partial charge in [0.2, 0.25) is 0 Å². The summed E-state index contributed by atoms with van der Waals surface area (Å²) in [5.41, 5.74) is 5.60. The van der Waals surface area contributed by atoms with Gasteiger partial charge in [-0.15, -0.1) is 11.3 Å². The standard InChI is InChI=1S/C10H11ClN2OS2/c11-6-3-4-16-8(6)10(14)13-7(9(12)15)5-1-2-5/h3-5,7H,1-2H2,(H2,12,15)(H,13,14). The molecule has 1 amide bonds. The van der Waals surface area contributed by atoms with Crippen LogP contribution in [-0.2, 0) is 0 Å². The summed E-state index contributed by atoms with van der Waals surface area (Å²) < 4.78 is 0. The van der Waals surface area contributed by atoms with Gasteiger partial charge in [-0.1, -0.05) is 23.8 Å². The lowest BCUT2D eigenvalue weighted by atomic mass is 10.2. The molecule has 1 unspecified atom stereocenters. The zero-order chi connectivity index (χ0) is 11.7. The third kappa shape index (κ3) is 2.53. The summed E-state index contributed by atoms with van der Waals surface area (Å²) in [4.78, 5) is 12.7. The lowest BCUT2D eigenvalue weighted by Crippen LogP contribution is -2.44. The summed E-state index contributed by atoms with van der Waals surface area (Å²) in [6.07, 6.45) is 2.14. The molecular weight excluding hydrogens is 264 g/mol. The Morgan fingerprint density at radius 1 is 1.69 bits per heavy atom. The summed E-state index contributed by atoms with van der Waals surface area (Å²) >= 11 is 12.1. The number of rotatable bonds is 4. The molecular formula is C10H11ClN2OS2. The fraction of sp³-hybridized carbons (Fsp3) is 0.400. The summed E-state index contributed by atoms with van der Waals surface area (Å²) in [6, 6.07) is 1.51. The number of carbonyl (C=O) groups excluding carboxylic acids is 1. The lowest BCUT2D eigenvalue weighted by molar-refractivity contribution is 0.0948. The van der Waals surface area contributed by atoms with Gasteiger partial charge in [0.15, 0.2) is 0 Å². The van der Waals surface area contributed by atoms with E-state index in [0.29, 0.717) is 20.8 Å². The highest BCUT2D eigenvalue weighted by molar-refractivity contribution is 7.80. The highest BCUT2D eigenvalue weighted by Crippen LogP contribution is 2.33. The minimum atomic E-state index is -0.194. The van der Waals surface area contributed by atoms with Crippen molar-refractivity contribution in [3.63, 3.8) is 0 Å². The number of nitrogens with one attached hydrogen (secondary N) is 1. The van der Waals surface area contributed by atoms with Gasteiger partial charge in [0.05, 0.1) is 16.1 Å². The number of hydrogen-bond acceptors (Lipinski definition) is 3. The van der Waals surface area contributed by atoms with Crippen molar-refractivity contribution in [2.45, 2.75) is 18.9 Å². The minimum Gasteiger partial charge on any atom is -0.392 e. The van der Waals surface area contributed by atoms with E-state index >= 15 is 0 Å². The average Bonchev–Trinajstić information content (AvgIpc) is 2.96. The number of thiophene rings is 1. The molecule has 0 saturated heterocycles. The second-order valence-corrected chi connectivity index (χ2v) is 5.58. The first kappa shape index (κ1) is 11.8. The third-order valence-electron chi connectivity index (χ3n) is 2.51. The Bertz CT molecular complexity index is 428. The van der Waals surface area contributed by atoms with E-state index in [0.717, 1.165) is 12.8 Å². The normalized spacial score (nSPS) is 16.8. The molecule has 1 fully saturated rings. The molecule has 6 heteroatoms. The number of nitrogens with two attached hydrogens (primary N) is 1. The molecule has 1 aromatic heterocycles. The van der Waals surface area contributed by atoms with E-state index in [1.165, 1.54) is 11.3 Å². The monoisotopic (exact) mass is 274 g/mol. The van der Waals surface area contributed by atoms with Gasteiger partial charge in [-0.25, -0.2) is 0 Å². The van der Waals surface area contributed by atoms with E-state index in [2.05, 4.69) is 5.32 Å². The van der Waals surface area contributed by atoms with Gasteiger partial charge in [0, 0.05) is 0 Å². The van der Waals surface area contributed by atoms with Gasteiger partial charge in [-0.3, -0.25) is 4.79 Å². The fourth-order valence-electron chi connectivity index (χ4n) is 1.51. The fourth-order valence-corrected chi connectivity index (χ4v) is 2.81. The Balaban J connectivity index is 2.06. The van der Waals surface area contributed by atoms with Crippen LogP contribution in [0.4, 0.5) is 0 Å². The zero-order valence-electron chi connectivity index (χ0n) is 8.40. The molecule has 1 heterocycles. The van der Waals surface area contributed by atoms with E-state index in [4.69, 9.17) is 29.6 Å². The van der Waals surface area contributed by atoms with Crippen LogP contribution in [0.2, 0.25) is 5.02 Å². The first-order valence-corrected chi connectivity index (χ1v) is 6.59. The second-order valence-electron chi connectivity index (χ2n) is 3.79. The molecule has 16 heavy (non-hydrogen) atoms. The molecule has 0 bridgehead atoms. The van der Waals surface area contributed by atoms with E-state index in [9.17, 15) is 4.79 Å². The summed E-state index contributed by atoms with van der Waals surface area (Å²) in [5.74, 6) is 0.213. The quantitative estimate of drug-likeness (QED) is 0.828. The van der Waals surface area contributed by atoms with Crippen molar-refractivity contribution in [3.05, 3.63) is 21.3 Å². The van der Waals surface area contributed by atoms with Gasteiger partial charge in [0.25, 0.3) is 5.91 Å². The number of carbonyl (C=O) groups is 1. The molecule has 1 aromatic rings. The molecule has 1 aliphatic carbocycles. The van der Waals surface area contributed by atoms with Crippen LogP contribution in [0.3, 0.4) is 0 Å². The van der Waals surface area contributed by atoms with Crippen LogP contribution < -0.4 is 11.1 Å². The molecule has 0 spiro atoms. The maximum atomic E-state index is 11.9. The molecule has 1 saturated carbocycles. The SMILES string of the molecule is NC(=S)C(NC(=O)c1sccc1Cl)C1CC1. The Morgan fingerprint density at radius 3 is 2.81 bits per heavy atom. The predicted molar refractivity (Wildman–Crippen MR) is 70.1 cm³/mol. The highest BCUT2D eigenvalue weighted by atomic mass is 35.5. The molecule has 3 nitrogen and oxygen atoms in total. The Labute approximate surface area is 108 Å². The maximum Gasteiger partial charge on any atom is 0.263 e. The number of hydrogen-bond donors (Lipinski definition) is 2. The molecule has 3 N–H and O–H groups in total. The first-order chi connectivity index (χ1) is 7.59. The van der Waals surface area contributed by atoms with Gasteiger partial charge < -0.3 is 11.1 Å². The summed E-state index contributed by atoms with van der Waals surface area (Å²) in [5, 5.41) is 5.10. The van der Waals surface area contributed by atoms with Crippen LogP contribution in [0.25, 0.3) is 0 Å². The Morgan fingerprint density at radius 2 is 2.38 bits per heavy atom. The van der Waals surface area contributed by atoms with Crippen LogP contribution >= 0.6 is 35.2 Å². The molecule has 0 aromatic carbocycles. The third-order valence-corrected chi connectivity index (χ3v) is 4.10. The average molecular weight is 275 g/mol. The largest absolute Gasteiger partial charge is 0.392 e. The van der Waals surface area contributed by atoms with Crippen LogP contribution in [0.1, 0.15) is 22.5 Å². The minimum absolute atomic E-state index is 0.190. The van der Waals surface area contributed by atoms with Crippen molar-refractivity contribution >= 4 is 46.1 Å². The van der Waals surface area contributed by atoms with Gasteiger partial charge in [-0.05, 0) is 30.2 Å². The topological polar surface area (TPSA) is 55.1 Å². The molecule has 0 aliphatic heterocycles. The van der Waals surface area contributed by atoms with Crippen molar-refractivity contribution in [3.8, 4) is 0 Å². The van der Waals surface area contributed by atoms with Crippen LogP contribution in [-0.4, -0.2) is 16.9 Å². The number of amides is 1. The van der Waals surface area contributed by atoms with Crippen molar-refractivity contribution < 1.29 is 4.79 Å². The Hall–Kier alpha value is -0.650. The molecule has 1 atom stereocenters. The Kier molecular flexibility index (Phi) is 3.47. The van der Waals surface area contributed by atoms with Crippen molar-refractivity contribution in [2.24, 2.45) is 11.7 Å². The predicted octanol–water partition coefficient (Wildman–Crippen LogP) is 2.20. The maximum absolute atomic E-state index is 11.9. The summed E-state index contributed by atoms with van der Waals surface area (Å²) in [6.45, 7) is 0. The molecule has 1 aliphatic rings. The second kappa shape index (κ2) is 4.69. The van der Waals surface area contributed by atoms with Crippen molar-refractivity contribution in [1.82, 2.24) is 5.32 Å². The van der Waals surface area contributed by atoms with Crippen LogP contribution in [0.5, 0.6) is 0 Å². The molecule has 0 radical (unpaired) electrons. The van der Waals surface area contributed by atoms with Crippen molar-refractivity contribution in [2.75, 3.05) is 0 Å².